The fourth-order valence-corrected chi connectivity index (χ4v) is 8.38. The summed E-state index contributed by atoms with van der Waals surface area (Å²) in [5.41, 5.74) is 5.84. The van der Waals surface area contributed by atoms with E-state index >= 15 is 0 Å². The molecular formula is C57H62O11. The van der Waals surface area contributed by atoms with Crippen molar-refractivity contribution in [2.75, 3.05) is 19.8 Å². The van der Waals surface area contributed by atoms with Gasteiger partial charge >= 0.3 is 0 Å². The van der Waals surface area contributed by atoms with Gasteiger partial charge in [-0.2, -0.15) is 0 Å². The molecule has 2 saturated heterocycles. The monoisotopic (exact) mass is 922 g/mol. The second-order valence-corrected chi connectivity index (χ2v) is 16.8. The van der Waals surface area contributed by atoms with Crippen molar-refractivity contribution >= 4 is 0 Å². The Balaban J connectivity index is 1.10. The van der Waals surface area contributed by atoms with E-state index in [4.69, 9.17) is 47.4 Å². The number of ether oxygens (including phenoxy) is 10. The third kappa shape index (κ3) is 14.3. The molecule has 8 rings (SSSR count). The van der Waals surface area contributed by atoms with Gasteiger partial charge in [0.05, 0.1) is 59.5 Å². The van der Waals surface area contributed by atoms with Gasteiger partial charge in [0.2, 0.25) is 0 Å². The van der Waals surface area contributed by atoms with E-state index < -0.39 is 61.4 Å². The van der Waals surface area contributed by atoms with Gasteiger partial charge in [-0.1, -0.05) is 188 Å². The van der Waals surface area contributed by atoms with Crippen molar-refractivity contribution in [2.45, 2.75) is 101 Å². The van der Waals surface area contributed by atoms with Crippen LogP contribution in [0.15, 0.2) is 195 Å². The Labute approximate surface area is 400 Å². The van der Waals surface area contributed by atoms with Gasteiger partial charge in [-0.15, -0.1) is 6.58 Å². The molecule has 0 aromatic heterocycles. The normalized spacial score (nSPS) is 24.9. The molecule has 11 heteroatoms. The zero-order valence-electron chi connectivity index (χ0n) is 38.3. The van der Waals surface area contributed by atoms with Crippen molar-refractivity contribution in [3.05, 3.63) is 228 Å². The van der Waals surface area contributed by atoms with E-state index in [1.807, 2.05) is 182 Å². The molecule has 0 radical (unpaired) electrons. The summed E-state index contributed by atoms with van der Waals surface area (Å²) in [5, 5.41) is 11.8. The minimum absolute atomic E-state index is 0.0930. The molecule has 68 heavy (non-hydrogen) atoms. The number of hydrogen-bond donors (Lipinski definition) is 1. The van der Waals surface area contributed by atoms with Crippen LogP contribution in [0.4, 0.5) is 0 Å². The average Bonchev–Trinajstić information content (AvgIpc) is 3.39. The van der Waals surface area contributed by atoms with Crippen LogP contribution in [0, 0.1) is 0 Å². The molecule has 2 heterocycles. The summed E-state index contributed by atoms with van der Waals surface area (Å²) in [6.45, 7) is 5.75. The van der Waals surface area contributed by atoms with Crippen LogP contribution < -0.4 is 0 Å². The van der Waals surface area contributed by atoms with E-state index in [0.29, 0.717) is 13.2 Å². The van der Waals surface area contributed by atoms with E-state index in [1.165, 1.54) is 0 Å². The lowest BCUT2D eigenvalue weighted by atomic mass is 9.97. The standard InChI is InChI=1S/C57H62O11/c1-2-33-60-52-51(62-36-44-25-13-5-14-26-44)49(67-56(58)54(52)64-38-46-29-17-7-18-30-46)41-66-57-55(65-39-47-31-19-8-20-32-47)53(63-37-45-27-15-6-16-28-45)50(61-35-43-23-11-4-12-24-43)48(68-57)40-59-34-42-21-9-3-10-22-42/h2-32,48-58H,1,33-41H2/t48-,49-,50-,51-,52+,53+,54+,55+,56+,57-/m1/s1. The van der Waals surface area contributed by atoms with Crippen molar-refractivity contribution in [1.82, 2.24) is 0 Å². The molecule has 356 valence electrons. The van der Waals surface area contributed by atoms with Crippen LogP contribution >= 0.6 is 0 Å². The maximum atomic E-state index is 11.8. The number of benzene rings is 6. The molecule has 10 atom stereocenters. The van der Waals surface area contributed by atoms with Crippen molar-refractivity contribution in [1.29, 1.82) is 0 Å². The second-order valence-electron chi connectivity index (χ2n) is 16.8. The molecule has 2 aliphatic heterocycles. The third-order valence-corrected chi connectivity index (χ3v) is 11.9. The van der Waals surface area contributed by atoms with Gasteiger partial charge in [-0.05, 0) is 33.4 Å². The largest absolute Gasteiger partial charge is 0.374 e. The van der Waals surface area contributed by atoms with Crippen molar-refractivity contribution in [3.8, 4) is 0 Å². The number of hydrogen-bond acceptors (Lipinski definition) is 11. The number of aliphatic hydroxyl groups is 1. The SMILES string of the molecule is C=CCO[C@@H]1[C@H](OCc2ccccc2)[C@@H](O)O[C@H](CO[C@@H]2O[C@H](COCc3ccccc3)[C@@H](OCc3ccccc3)[C@H](OCc3ccccc3)[C@@H]2OCc2ccccc2)[C@H]1OCc1ccccc1. The third-order valence-electron chi connectivity index (χ3n) is 11.9. The molecule has 0 unspecified atom stereocenters. The smallest absolute Gasteiger partial charge is 0.187 e. The van der Waals surface area contributed by atoms with Gasteiger partial charge in [0.25, 0.3) is 0 Å². The molecule has 2 fully saturated rings. The molecule has 0 bridgehead atoms. The first-order chi connectivity index (χ1) is 33.6. The molecule has 0 aliphatic carbocycles. The van der Waals surface area contributed by atoms with Gasteiger partial charge in [0, 0.05) is 0 Å². The Bertz CT molecular complexity index is 2290. The predicted molar refractivity (Wildman–Crippen MR) is 257 cm³/mol. The van der Waals surface area contributed by atoms with Crippen LogP contribution in [0.2, 0.25) is 0 Å². The lowest BCUT2D eigenvalue weighted by molar-refractivity contribution is -0.348. The first-order valence-corrected chi connectivity index (χ1v) is 23.3. The average molecular weight is 923 g/mol. The number of aliphatic hydroxyl groups excluding tert-OH is 1. The molecule has 6 aromatic rings. The van der Waals surface area contributed by atoms with Crippen molar-refractivity contribution in [2.24, 2.45) is 0 Å². The Morgan fingerprint density at radius 1 is 0.368 bits per heavy atom. The van der Waals surface area contributed by atoms with Crippen LogP contribution in [0.3, 0.4) is 0 Å². The highest BCUT2D eigenvalue weighted by Gasteiger charge is 2.52. The van der Waals surface area contributed by atoms with Crippen LogP contribution in [0.5, 0.6) is 0 Å². The highest BCUT2D eigenvalue weighted by atomic mass is 16.7. The summed E-state index contributed by atoms with van der Waals surface area (Å²) in [7, 11) is 0. The van der Waals surface area contributed by atoms with Gasteiger partial charge in [-0.3, -0.25) is 0 Å². The quantitative estimate of drug-likeness (QED) is 0.0555. The fraction of sp³-hybridized carbons (Fsp3) is 0.333. The Morgan fingerprint density at radius 2 is 0.706 bits per heavy atom. The predicted octanol–water partition coefficient (Wildman–Crippen LogP) is 9.16. The van der Waals surface area contributed by atoms with Crippen LogP contribution in [0.1, 0.15) is 33.4 Å². The minimum atomic E-state index is -1.40. The Morgan fingerprint density at radius 3 is 1.12 bits per heavy atom. The summed E-state index contributed by atoms with van der Waals surface area (Å²) < 4.78 is 66.9. The van der Waals surface area contributed by atoms with E-state index in [-0.39, 0.29) is 46.2 Å². The molecular weight excluding hydrogens is 861 g/mol. The molecule has 2 aliphatic rings. The fourth-order valence-electron chi connectivity index (χ4n) is 8.38. The van der Waals surface area contributed by atoms with Crippen LogP contribution in [0.25, 0.3) is 0 Å². The topological polar surface area (TPSA) is 113 Å². The summed E-state index contributed by atoms with van der Waals surface area (Å²) in [6, 6.07) is 59.5. The van der Waals surface area contributed by atoms with E-state index in [0.717, 1.165) is 33.4 Å². The number of rotatable bonds is 25. The van der Waals surface area contributed by atoms with E-state index in [2.05, 4.69) is 6.58 Å². The van der Waals surface area contributed by atoms with Crippen molar-refractivity contribution in [3.63, 3.8) is 0 Å². The molecule has 0 saturated carbocycles. The lowest BCUT2D eigenvalue weighted by Crippen LogP contribution is -2.63. The molecule has 11 nitrogen and oxygen atoms in total. The van der Waals surface area contributed by atoms with Gasteiger partial charge in [0.15, 0.2) is 12.6 Å². The second kappa shape index (κ2) is 26.4. The summed E-state index contributed by atoms with van der Waals surface area (Å²) >= 11 is 0. The molecule has 0 amide bonds. The van der Waals surface area contributed by atoms with Gasteiger partial charge < -0.3 is 52.5 Å². The molecule has 1 N–H and O–H groups in total. The van der Waals surface area contributed by atoms with E-state index in [1.54, 1.807) is 6.08 Å². The molecule has 0 spiro atoms. The maximum absolute atomic E-state index is 11.8. The summed E-state index contributed by atoms with van der Waals surface area (Å²) in [6.07, 6.45) is -6.97. The van der Waals surface area contributed by atoms with Crippen LogP contribution in [-0.4, -0.2) is 86.3 Å². The summed E-state index contributed by atoms with van der Waals surface area (Å²) in [4.78, 5) is 0. The zero-order chi connectivity index (χ0) is 46.6. The van der Waals surface area contributed by atoms with Gasteiger partial charge in [-0.25, -0.2) is 0 Å². The highest BCUT2D eigenvalue weighted by molar-refractivity contribution is 5.18. The maximum Gasteiger partial charge on any atom is 0.187 e. The Kier molecular flexibility index (Phi) is 19.0. The first-order valence-electron chi connectivity index (χ1n) is 23.3. The molecule has 6 aromatic carbocycles. The van der Waals surface area contributed by atoms with Crippen molar-refractivity contribution < 1.29 is 52.5 Å². The minimum Gasteiger partial charge on any atom is -0.374 e. The van der Waals surface area contributed by atoms with Crippen LogP contribution in [-0.2, 0) is 87.0 Å². The zero-order valence-corrected chi connectivity index (χ0v) is 38.3. The summed E-state index contributed by atoms with van der Waals surface area (Å²) in [5.74, 6) is 0. The first kappa shape index (κ1) is 49.1. The highest BCUT2D eigenvalue weighted by Crippen LogP contribution is 2.34. The Hall–Kier alpha value is -5.38. The lowest BCUT2D eigenvalue weighted by Gasteiger charge is -2.47. The van der Waals surface area contributed by atoms with Gasteiger partial charge in [0.1, 0.15) is 48.8 Å². The van der Waals surface area contributed by atoms with E-state index in [9.17, 15) is 5.11 Å².